The Kier molecular flexibility index (Phi) is 4.57. The van der Waals surface area contributed by atoms with Crippen LogP contribution in [0.2, 0.25) is 0 Å². The fraction of sp³-hybridized carbons (Fsp3) is 0.333. The van der Waals surface area contributed by atoms with Crippen LogP contribution in [-0.2, 0) is 13.6 Å². The lowest BCUT2D eigenvalue weighted by atomic mass is 10.1. The second-order valence-electron chi connectivity index (χ2n) is 5.45. The van der Waals surface area contributed by atoms with Gasteiger partial charge in [0.15, 0.2) is 5.82 Å². The van der Waals surface area contributed by atoms with Gasteiger partial charge in [0, 0.05) is 18.1 Å². The van der Waals surface area contributed by atoms with E-state index in [1.54, 1.807) is 17.6 Å². The van der Waals surface area contributed by atoms with Crippen LogP contribution in [0.3, 0.4) is 0 Å². The van der Waals surface area contributed by atoms with Crippen molar-refractivity contribution in [1.82, 2.24) is 14.8 Å². The summed E-state index contributed by atoms with van der Waals surface area (Å²) in [7, 11) is 1.98. The third-order valence-corrected chi connectivity index (χ3v) is 4.84. The molecule has 0 aromatic carbocycles. The number of anilines is 1. The summed E-state index contributed by atoms with van der Waals surface area (Å²) in [6.07, 6.45) is 1.68. The zero-order valence-corrected chi connectivity index (χ0v) is 15.5. The summed E-state index contributed by atoms with van der Waals surface area (Å²) in [5.41, 5.74) is 3.44. The minimum Gasteiger partial charge on any atom is -0.467 e. The molecule has 4 rings (SSSR count). The molecule has 1 N–H and O–H groups in total. The van der Waals surface area contributed by atoms with E-state index in [0.717, 1.165) is 32.3 Å². The Bertz CT molecular complexity index is 966. The molecule has 0 aliphatic carbocycles. The summed E-state index contributed by atoms with van der Waals surface area (Å²) < 4.78 is 8.44. The average Bonchev–Trinajstić information content (AvgIpc) is 3.25. The summed E-state index contributed by atoms with van der Waals surface area (Å²) in [6, 6.07) is 5.96. The van der Waals surface area contributed by atoms with Crippen LogP contribution in [0.15, 0.2) is 28.9 Å². The first kappa shape index (κ1) is 16.5. The van der Waals surface area contributed by atoms with Crippen LogP contribution in [0.1, 0.15) is 30.9 Å². The zero-order chi connectivity index (χ0) is 17.3. The Labute approximate surface area is 145 Å². The lowest BCUT2D eigenvalue weighted by Gasteiger charge is -2.00. The fourth-order valence-electron chi connectivity index (χ4n) is 2.84. The topological polar surface area (TPSA) is 55.9 Å². The van der Waals surface area contributed by atoms with Gasteiger partial charge in [0.2, 0.25) is 0 Å². The fourth-order valence-corrected chi connectivity index (χ4v) is 4.12. The molecule has 0 amide bonds. The Morgan fingerprint density at radius 1 is 1.29 bits per heavy atom. The number of rotatable bonds is 3. The number of aromatic nitrogens is 3. The first-order valence-electron chi connectivity index (χ1n) is 8.13. The average molecular weight is 342 g/mol. The highest BCUT2D eigenvalue weighted by Gasteiger charge is 2.17. The smallest absolute Gasteiger partial charge is 0.166 e. The predicted octanol–water partition coefficient (Wildman–Crippen LogP) is 5.03. The van der Waals surface area contributed by atoms with Crippen LogP contribution in [0.25, 0.3) is 20.4 Å². The number of hydrogen-bond donors (Lipinski definition) is 1. The molecule has 0 spiro atoms. The van der Waals surface area contributed by atoms with Crippen molar-refractivity contribution in [3.8, 4) is 0 Å². The summed E-state index contributed by atoms with van der Waals surface area (Å²) in [4.78, 5) is 5.74. The monoisotopic (exact) mass is 342 g/mol. The molecule has 0 fully saturated rings. The summed E-state index contributed by atoms with van der Waals surface area (Å²) in [5.74, 6) is 1.78. The van der Waals surface area contributed by atoms with E-state index in [1.165, 1.54) is 10.9 Å². The van der Waals surface area contributed by atoms with Gasteiger partial charge in [-0.15, -0.1) is 11.3 Å². The molecule has 4 aromatic heterocycles. The van der Waals surface area contributed by atoms with Crippen molar-refractivity contribution in [2.45, 2.75) is 34.2 Å². The standard InChI is InChI=1S/C16H16N4OS.C2H6/c1-9-7-10(2)18-16-12(9)13-14(22-16)15(19-20(13)3)17-8-11-5-4-6-21-11;1-2/h4-7H,8H2,1-3H3,(H,17,19);1-2H3. The molecule has 0 radical (unpaired) electrons. The maximum atomic E-state index is 5.36. The van der Waals surface area contributed by atoms with Gasteiger partial charge in [0.1, 0.15) is 10.6 Å². The highest BCUT2D eigenvalue weighted by molar-refractivity contribution is 7.26. The Morgan fingerprint density at radius 2 is 2.08 bits per heavy atom. The second-order valence-corrected chi connectivity index (χ2v) is 6.44. The molecule has 0 unspecified atom stereocenters. The lowest BCUT2D eigenvalue weighted by molar-refractivity contribution is 0.517. The molecular weight excluding hydrogens is 320 g/mol. The third-order valence-electron chi connectivity index (χ3n) is 3.76. The summed E-state index contributed by atoms with van der Waals surface area (Å²) >= 11 is 1.69. The van der Waals surface area contributed by atoms with Crippen LogP contribution in [-0.4, -0.2) is 14.8 Å². The number of fused-ring (bicyclic) bond motifs is 3. The number of aryl methyl sites for hydroxylation is 3. The first-order valence-corrected chi connectivity index (χ1v) is 8.95. The number of furan rings is 1. The molecular formula is C18H22N4OS. The number of thiophene rings is 1. The van der Waals surface area contributed by atoms with Gasteiger partial charge in [-0.25, -0.2) is 4.98 Å². The third kappa shape index (κ3) is 2.78. The largest absolute Gasteiger partial charge is 0.467 e. The highest BCUT2D eigenvalue weighted by atomic mass is 32.1. The van der Waals surface area contributed by atoms with E-state index in [9.17, 15) is 0 Å². The van der Waals surface area contributed by atoms with Crippen molar-refractivity contribution in [2.24, 2.45) is 7.05 Å². The van der Waals surface area contributed by atoms with Gasteiger partial charge in [-0.05, 0) is 37.6 Å². The Hall–Kier alpha value is -2.34. The Balaban J connectivity index is 0.000000815. The molecule has 0 saturated heterocycles. The molecule has 6 heteroatoms. The van der Waals surface area contributed by atoms with Crippen molar-refractivity contribution in [1.29, 1.82) is 0 Å². The maximum Gasteiger partial charge on any atom is 0.166 e. The Morgan fingerprint density at radius 3 is 2.79 bits per heavy atom. The van der Waals surface area contributed by atoms with Gasteiger partial charge in [0.25, 0.3) is 0 Å². The SMILES string of the molecule is CC.Cc1cc(C)c2c(n1)sc1c(NCc3ccco3)nn(C)c12. The van der Waals surface area contributed by atoms with Gasteiger partial charge in [-0.1, -0.05) is 13.8 Å². The van der Waals surface area contributed by atoms with Crippen LogP contribution in [0.4, 0.5) is 5.82 Å². The quantitative estimate of drug-likeness (QED) is 0.567. The van der Waals surface area contributed by atoms with E-state index in [-0.39, 0.29) is 0 Å². The van der Waals surface area contributed by atoms with Crippen molar-refractivity contribution < 1.29 is 4.42 Å². The first-order chi connectivity index (χ1) is 11.6. The maximum absolute atomic E-state index is 5.36. The van der Waals surface area contributed by atoms with Crippen molar-refractivity contribution in [2.75, 3.05) is 5.32 Å². The van der Waals surface area contributed by atoms with E-state index in [4.69, 9.17) is 4.42 Å². The number of nitrogens with one attached hydrogen (secondary N) is 1. The van der Waals surface area contributed by atoms with Crippen LogP contribution in [0.5, 0.6) is 0 Å². The molecule has 0 aliphatic rings. The van der Waals surface area contributed by atoms with E-state index in [2.05, 4.69) is 28.4 Å². The minimum atomic E-state index is 0.624. The number of nitrogens with zero attached hydrogens (tertiary/aromatic N) is 3. The molecule has 0 bridgehead atoms. The van der Waals surface area contributed by atoms with E-state index >= 15 is 0 Å². The predicted molar refractivity (Wildman–Crippen MR) is 101 cm³/mol. The van der Waals surface area contributed by atoms with Gasteiger partial charge >= 0.3 is 0 Å². The van der Waals surface area contributed by atoms with Crippen molar-refractivity contribution in [3.05, 3.63) is 41.5 Å². The van der Waals surface area contributed by atoms with Crippen molar-refractivity contribution in [3.63, 3.8) is 0 Å². The normalized spacial score (nSPS) is 10.9. The molecule has 4 aromatic rings. The molecule has 4 heterocycles. The van der Waals surface area contributed by atoms with Gasteiger partial charge < -0.3 is 9.73 Å². The van der Waals surface area contributed by atoms with Crippen LogP contribution in [0, 0.1) is 13.8 Å². The number of pyridine rings is 1. The van der Waals surface area contributed by atoms with Gasteiger partial charge in [-0.3, -0.25) is 4.68 Å². The lowest BCUT2D eigenvalue weighted by Crippen LogP contribution is -2.00. The molecule has 0 aliphatic heterocycles. The highest BCUT2D eigenvalue weighted by Crippen LogP contribution is 2.38. The van der Waals surface area contributed by atoms with E-state index in [0.29, 0.717) is 6.54 Å². The number of hydrogen-bond acceptors (Lipinski definition) is 5. The summed E-state index contributed by atoms with van der Waals surface area (Å²) in [5, 5.41) is 9.17. The van der Waals surface area contributed by atoms with E-state index < -0.39 is 0 Å². The van der Waals surface area contributed by atoms with Crippen LogP contribution < -0.4 is 5.32 Å². The summed E-state index contributed by atoms with van der Waals surface area (Å²) in [6.45, 7) is 8.79. The van der Waals surface area contributed by atoms with Crippen molar-refractivity contribution >= 4 is 37.6 Å². The zero-order valence-electron chi connectivity index (χ0n) is 14.7. The molecule has 24 heavy (non-hydrogen) atoms. The minimum absolute atomic E-state index is 0.624. The van der Waals surface area contributed by atoms with Gasteiger partial charge in [-0.2, -0.15) is 5.10 Å². The molecule has 0 saturated carbocycles. The molecule has 5 nitrogen and oxygen atoms in total. The van der Waals surface area contributed by atoms with Crippen LogP contribution >= 0.6 is 11.3 Å². The van der Waals surface area contributed by atoms with Gasteiger partial charge in [0.05, 0.1) is 23.0 Å². The molecule has 126 valence electrons. The second kappa shape index (κ2) is 6.65. The van der Waals surface area contributed by atoms with E-state index in [1.807, 2.05) is 44.6 Å². The molecule has 0 atom stereocenters.